The minimum absolute atomic E-state index is 0.00443. The molecule has 3 unspecified atom stereocenters. The molecule has 4 bridgehead atoms. The van der Waals surface area contributed by atoms with Gasteiger partial charge in [0.05, 0.1) is 11.3 Å². The van der Waals surface area contributed by atoms with Gasteiger partial charge in [-0.25, -0.2) is 0 Å². The first kappa shape index (κ1) is 19.7. The van der Waals surface area contributed by atoms with Crippen molar-refractivity contribution < 1.29 is 19.1 Å². The molecule has 0 aromatic heterocycles. The van der Waals surface area contributed by atoms with E-state index in [9.17, 15) is 9.59 Å². The molecular weight excluding hydrogens is 328 g/mol. The van der Waals surface area contributed by atoms with Crippen molar-refractivity contribution in [3.63, 3.8) is 0 Å². The minimum Gasteiger partial charge on any atom is -0.422 e. The summed E-state index contributed by atoms with van der Waals surface area (Å²) in [5.74, 6) is -0.517. The monoisotopic (exact) mass is 364 g/mol. The average molecular weight is 365 g/mol. The molecule has 4 rings (SSSR count). The Morgan fingerprint density at radius 1 is 1.04 bits per heavy atom. The topological polar surface area (TPSA) is 52.6 Å². The number of carbonyl (C=O) groups is 2. The van der Waals surface area contributed by atoms with Gasteiger partial charge in [-0.05, 0) is 55.3 Å². The summed E-state index contributed by atoms with van der Waals surface area (Å²) in [6.07, 6.45) is 5.01. The van der Waals surface area contributed by atoms with Crippen LogP contribution in [0.15, 0.2) is 0 Å². The van der Waals surface area contributed by atoms with E-state index in [1.807, 2.05) is 6.92 Å². The van der Waals surface area contributed by atoms with Gasteiger partial charge in [0.2, 0.25) is 0 Å². The second-order valence-corrected chi connectivity index (χ2v) is 11.6. The molecule has 0 spiro atoms. The molecule has 2 aliphatic carbocycles. The van der Waals surface area contributed by atoms with Gasteiger partial charge >= 0.3 is 11.9 Å². The Balaban J connectivity index is 1.88. The van der Waals surface area contributed by atoms with Crippen molar-refractivity contribution in [2.75, 3.05) is 0 Å². The van der Waals surface area contributed by atoms with Gasteiger partial charge in [0.15, 0.2) is 0 Å². The second kappa shape index (κ2) is 5.97. The third-order valence-electron chi connectivity index (χ3n) is 6.99. The van der Waals surface area contributed by atoms with E-state index in [0.29, 0.717) is 24.7 Å². The van der Waals surface area contributed by atoms with E-state index in [2.05, 4.69) is 41.5 Å². The van der Waals surface area contributed by atoms with Crippen LogP contribution in [-0.2, 0) is 19.1 Å². The Morgan fingerprint density at radius 2 is 1.58 bits per heavy atom. The third-order valence-corrected chi connectivity index (χ3v) is 6.99. The van der Waals surface area contributed by atoms with Crippen molar-refractivity contribution >= 4 is 11.9 Å². The Morgan fingerprint density at radius 3 is 2.04 bits per heavy atom. The number of fused-ring (bicyclic) bond motifs is 1. The zero-order valence-electron chi connectivity index (χ0n) is 17.6. The summed E-state index contributed by atoms with van der Waals surface area (Å²) < 4.78 is 12.0. The van der Waals surface area contributed by atoms with Crippen molar-refractivity contribution in [2.45, 2.75) is 92.8 Å². The van der Waals surface area contributed by atoms with Gasteiger partial charge in [-0.3, -0.25) is 9.59 Å². The van der Waals surface area contributed by atoms with Crippen LogP contribution in [0.3, 0.4) is 0 Å². The number of carbonyl (C=O) groups excluding carboxylic acids is 2. The normalized spacial score (nSPS) is 36.3. The lowest BCUT2D eigenvalue weighted by molar-refractivity contribution is -0.251. The number of ether oxygens (including phenoxy) is 2. The first-order valence-electron chi connectivity index (χ1n) is 10.2. The molecule has 0 aromatic rings. The molecular formula is C22H36O4. The standard InChI is InChI=1S/C22H36O4/c1-19(2,3)13-21(7,20(4,5)6)18(24)26-22-11-14-8-15(12-22)10-16(9-14)17(23)25-22/h14-16H,8-13H2,1-7H3. The molecule has 4 aliphatic rings. The molecule has 3 atom stereocenters. The lowest BCUT2D eigenvalue weighted by Gasteiger charge is -2.47. The van der Waals surface area contributed by atoms with Crippen LogP contribution in [0.2, 0.25) is 0 Å². The fourth-order valence-electron chi connectivity index (χ4n) is 5.49. The van der Waals surface area contributed by atoms with Crippen LogP contribution in [0.4, 0.5) is 0 Å². The third kappa shape index (κ3) is 3.53. The molecule has 148 valence electrons. The Bertz CT molecular complexity index is 580. The van der Waals surface area contributed by atoms with Crippen molar-refractivity contribution in [3.05, 3.63) is 0 Å². The zero-order valence-corrected chi connectivity index (χ0v) is 17.6. The summed E-state index contributed by atoms with van der Waals surface area (Å²) in [4.78, 5) is 26.0. The second-order valence-electron chi connectivity index (χ2n) is 11.6. The van der Waals surface area contributed by atoms with Gasteiger partial charge in [-0.2, -0.15) is 0 Å². The predicted octanol–water partition coefficient (Wildman–Crippen LogP) is 5.10. The van der Waals surface area contributed by atoms with Gasteiger partial charge in [0.1, 0.15) is 0 Å². The van der Waals surface area contributed by atoms with Gasteiger partial charge in [-0.15, -0.1) is 0 Å². The maximum atomic E-state index is 13.5. The lowest BCUT2D eigenvalue weighted by atomic mass is 9.61. The molecule has 0 N–H and O–H groups in total. The van der Waals surface area contributed by atoms with Gasteiger partial charge in [-0.1, -0.05) is 41.5 Å². The van der Waals surface area contributed by atoms with E-state index >= 15 is 0 Å². The molecule has 0 radical (unpaired) electrons. The first-order chi connectivity index (χ1) is 11.7. The van der Waals surface area contributed by atoms with Gasteiger partial charge in [0, 0.05) is 12.8 Å². The van der Waals surface area contributed by atoms with Crippen LogP contribution in [0.5, 0.6) is 0 Å². The molecule has 2 heterocycles. The van der Waals surface area contributed by atoms with Crippen LogP contribution < -0.4 is 0 Å². The van der Waals surface area contributed by atoms with Crippen LogP contribution in [-0.4, -0.2) is 17.7 Å². The summed E-state index contributed by atoms with van der Waals surface area (Å²) in [5, 5.41) is 0. The maximum absolute atomic E-state index is 13.5. The Labute approximate surface area is 158 Å². The maximum Gasteiger partial charge on any atom is 0.315 e. The predicted molar refractivity (Wildman–Crippen MR) is 100 cm³/mol. The fourth-order valence-corrected chi connectivity index (χ4v) is 5.49. The molecule has 2 aliphatic heterocycles. The Kier molecular flexibility index (Phi) is 4.52. The highest BCUT2D eigenvalue weighted by atomic mass is 16.7. The van der Waals surface area contributed by atoms with E-state index in [-0.39, 0.29) is 28.7 Å². The van der Waals surface area contributed by atoms with Crippen LogP contribution in [0.1, 0.15) is 87.0 Å². The summed E-state index contributed by atoms with van der Waals surface area (Å²) in [5.41, 5.74) is -0.900. The first-order valence-corrected chi connectivity index (χ1v) is 10.2. The molecule has 26 heavy (non-hydrogen) atoms. The smallest absolute Gasteiger partial charge is 0.315 e. The largest absolute Gasteiger partial charge is 0.422 e. The van der Waals surface area contributed by atoms with E-state index in [1.54, 1.807) is 0 Å². The number of hydrogen-bond acceptors (Lipinski definition) is 4. The van der Waals surface area contributed by atoms with Crippen molar-refractivity contribution in [3.8, 4) is 0 Å². The fraction of sp³-hybridized carbons (Fsp3) is 0.909. The quantitative estimate of drug-likeness (QED) is 0.654. The highest BCUT2D eigenvalue weighted by Crippen LogP contribution is 2.54. The highest BCUT2D eigenvalue weighted by molar-refractivity contribution is 5.79. The minimum atomic E-state index is -1.03. The zero-order chi connectivity index (χ0) is 19.5. The summed E-state index contributed by atoms with van der Waals surface area (Å²) >= 11 is 0. The molecule has 2 saturated heterocycles. The van der Waals surface area contributed by atoms with E-state index in [0.717, 1.165) is 25.7 Å². The van der Waals surface area contributed by atoms with E-state index in [4.69, 9.17) is 9.47 Å². The van der Waals surface area contributed by atoms with E-state index in [1.165, 1.54) is 0 Å². The average Bonchev–Trinajstić information content (AvgIpc) is 2.56. The number of esters is 2. The molecule has 2 saturated carbocycles. The SMILES string of the molecule is CC(C)(C)CC(C)(C(=O)OC12CC3CC(CC(C3)C(=O)O1)C2)C(C)(C)C. The summed E-state index contributed by atoms with van der Waals surface area (Å²) in [6.45, 7) is 14.8. The molecule has 4 fully saturated rings. The van der Waals surface area contributed by atoms with Crippen molar-refractivity contribution in [2.24, 2.45) is 34.0 Å². The molecule has 0 aromatic carbocycles. The molecule has 4 nitrogen and oxygen atoms in total. The van der Waals surface area contributed by atoms with Crippen LogP contribution in [0.25, 0.3) is 0 Å². The van der Waals surface area contributed by atoms with E-state index < -0.39 is 11.2 Å². The van der Waals surface area contributed by atoms with Crippen molar-refractivity contribution in [1.29, 1.82) is 0 Å². The summed E-state index contributed by atoms with van der Waals surface area (Å²) in [7, 11) is 0. The van der Waals surface area contributed by atoms with Crippen LogP contribution >= 0.6 is 0 Å². The summed E-state index contributed by atoms with van der Waals surface area (Å²) in [6, 6.07) is 0. The number of hydrogen-bond donors (Lipinski definition) is 0. The number of rotatable bonds is 3. The Hall–Kier alpha value is -1.06. The highest BCUT2D eigenvalue weighted by Gasteiger charge is 2.57. The van der Waals surface area contributed by atoms with Gasteiger partial charge in [0.25, 0.3) is 5.79 Å². The van der Waals surface area contributed by atoms with Crippen LogP contribution in [0, 0.1) is 34.0 Å². The van der Waals surface area contributed by atoms with Gasteiger partial charge < -0.3 is 9.47 Å². The van der Waals surface area contributed by atoms with Crippen molar-refractivity contribution in [1.82, 2.24) is 0 Å². The molecule has 0 amide bonds. The molecule has 4 heteroatoms. The lowest BCUT2D eigenvalue weighted by Crippen LogP contribution is -2.51.